The summed E-state index contributed by atoms with van der Waals surface area (Å²) >= 11 is 25.5. The summed E-state index contributed by atoms with van der Waals surface area (Å²) in [6.07, 6.45) is 3.42. The number of aromatic nitrogens is 2. The molecule has 108 valence electrons. The lowest BCUT2D eigenvalue weighted by Crippen LogP contribution is -1.95. The zero-order valence-corrected chi connectivity index (χ0v) is 14.0. The number of hydrazone groups is 1. The molecule has 21 heavy (non-hydrogen) atoms. The fourth-order valence-corrected chi connectivity index (χ4v) is 3.59. The van der Waals surface area contributed by atoms with Crippen LogP contribution in [0, 0.1) is 0 Å². The SMILES string of the molecule is Clc1cc(Cl)c(NN=Cc2c(Cl)nc3sccn23)c(Cl)c1. The minimum absolute atomic E-state index is 0.376. The molecule has 2 heterocycles. The largest absolute Gasteiger partial charge is 0.288 e. The van der Waals surface area contributed by atoms with Crippen LogP contribution in [0.25, 0.3) is 4.96 Å². The number of imidazole rings is 1. The highest BCUT2D eigenvalue weighted by Gasteiger charge is 2.10. The Kier molecular flexibility index (Phi) is 4.28. The van der Waals surface area contributed by atoms with Gasteiger partial charge in [0.05, 0.1) is 21.9 Å². The van der Waals surface area contributed by atoms with E-state index in [4.69, 9.17) is 46.4 Å². The van der Waals surface area contributed by atoms with Gasteiger partial charge in [-0.25, -0.2) is 4.98 Å². The van der Waals surface area contributed by atoms with Crippen LogP contribution in [0.15, 0.2) is 28.8 Å². The highest BCUT2D eigenvalue weighted by molar-refractivity contribution is 7.15. The predicted molar refractivity (Wildman–Crippen MR) is 90.8 cm³/mol. The third-order valence-corrected chi connectivity index (χ3v) is 4.47. The first-order chi connectivity index (χ1) is 10.1. The van der Waals surface area contributed by atoms with Crippen LogP contribution in [0.1, 0.15) is 5.69 Å². The van der Waals surface area contributed by atoms with E-state index >= 15 is 0 Å². The van der Waals surface area contributed by atoms with E-state index in [0.29, 0.717) is 31.6 Å². The number of anilines is 1. The molecule has 0 spiro atoms. The van der Waals surface area contributed by atoms with Gasteiger partial charge < -0.3 is 0 Å². The Hall–Kier alpha value is -0.980. The van der Waals surface area contributed by atoms with Crippen LogP contribution in [-0.2, 0) is 0 Å². The maximum Gasteiger partial charge on any atom is 0.195 e. The predicted octanol–water partition coefficient (Wildman–Crippen LogP) is 5.46. The number of thiazole rings is 1. The second-order valence-electron chi connectivity index (χ2n) is 3.96. The van der Waals surface area contributed by atoms with E-state index in [1.807, 2.05) is 16.0 Å². The zero-order chi connectivity index (χ0) is 15.0. The van der Waals surface area contributed by atoms with Gasteiger partial charge in [0.2, 0.25) is 0 Å². The molecule has 0 unspecified atom stereocenters. The van der Waals surface area contributed by atoms with Crippen molar-refractivity contribution in [1.82, 2.24) is 9.38 Å². The Bertz CT molecular complexity index is 816. The average Bonchev–Trinajstić information content (AvgIpc) is 2.94. The molecule has 0 bridgehead atoms. The van der Waals surface area contributed by atoms with Gasteiger partial charge in [-0.2, -0.15) is 5.10 Å². The number of fused-ring (bicyclic) bond motifs is 1. The second-order valence-corrected chi connectivity index (χ2v) is 6.44. The summed E-state index contributed by atoms with van der Waals surface area (Å²) < 4.78 is 1.84. The van der Waals surface area contributed by atoms with Crippen molar-refractivity contribution in [2.24, 2.45) is 5.10 Å². The zero-order valence-electron chi connectivity index (χ0n) is 10.1. The van der Waals surface area contributed by atoms with Crippen molar-refractivity contribution in [1.29, 1.82) is 0 Å². The normalized spacial score (nSPS) is 11.6. The van der Waals surface area contributed by atoms with Crippen molar-refractivity contribution < 1.29 is 0 Å². The molecular weight excluding hydrogens is 374 g/mol. The first-order valence-electron chi connectivity index (χ1n) is 5.61. The van der Waals surface area contributed by atoms with Crippen LogP contribution in [0.2, 0.25) is 20.2 Å². The maximum atomic E-state index is 6.06. The maximum absolute atomic E-state index is 6.06. The molecule has 0 amide bonds. The molecule has 3 aromatic rings. The molecule has 4 nitrogen and oxygen atoms in total. The first-order valence-corrected chi connectivity index (χ1v) is 8.00. The molecule has 0 radical (unpaired) electrons. The lowest BCUT2D eigenvalue weighted by atomic mass is 10.3. The van der Waals surface area contributed by atoms with Gasteiger partial charge in [-0.1, -0.05) is 46.4 Å². The molecule has 3 rings (SSSR count). The third kappa shape index (κ3) is 2.98. The molecule has 0 aliphatic heterocycles. The summed E-state index contributed by atoms with van der Waals surface area (Å²) in [5.41, 5.74) is 3.92. The number of nitrogens with zero attached hydrogens (tertiary/aromatic N) is 3. The summed E-state index contributed by atoms with van der Waals surface area (Å²) in [4.78, 5) is 5.00. The Balaban J connectivity index is 1.88. The molecule has 0 aliphatic carbocycles. The van der Waals surface area contributed by atoms with Gasteiger partial charge in [0.15, 0.2) is 10.1 Å². The summed E-state index contributed by atoms with van der Waals surface area (Å²) in [5.74, 6) is 0. The number of halogens is 4. The summed E-state index contributed by atoms with van der Waals surface area (Å²) in [6.45, 7) is 0. The Labute approximate surface area is 143 Å². The lowest BCUT2D eigenvalue weighted by Gasteiger charge is -2.06. The number of nitrogens with one attached hydrogen (secondary N) is 1. The standard InChI is InChI=1S/C12H6Cl4N4S/c13-6-3-7(14)10(8(15)4-6)19-17-5-9-11(16)18-12-20(9)1-2-21-12/h1-5,19H. The van der Waals surface area contributed by atoms with Crippen LogP contribution >= 0.6 is 57.7 Å². The smallest absolute Gasteiger partial charge is 0.195 e. The van der Waals surface area contributed by atoms with E-state index in [0.717, 1.165) is 4.96 Å². The van der Waals surface area contributed by atoms with E-state index in [9.17, 15) is 0 Å². The van der Waals surface area contributed by atoms with E-state index < -0.39 is 0 Å². The molecule has 0 saturated heterocycles. The minimum Gasteiger partial charge on any atom is -0.288 e. The van der Waals surface area contributed by atoms with Gasteiger partial charge in [-0.15, -0.1) is 11.3 Å². The highest BCUT2D eigenvalue weighted by Crippen LogP contribution is 2.33. The first kappa shape index (κ1) is 14.9. The molecule has 0 saturated carbocycles. The molecule has 0 atom stereocenters. The van der Waals surface area contributed by atoms with Crippen LogP contribution in [-0.4, -0.2) is 15.6 Å². The molecule has 2 aromatic heterocycles. The quantitative estimate of drug-likeness (QED) is 0.485. The molecule has 1 aromatic carbocycles. The molecule has 9 heteroatoms. The van der Waals surface area contributed by atoms with Gasteiger partial charge in [0.25, 0.3) is 0 Å². The van der Waals surface area contributed by atoms with Gasteiger partial charge in [-0.05, 0) is 12.1 Å². The second kappa shape index (κ2) is 6.02. The Morgan fingerprint density at radius 1 is 1.19 bits per heavy atom. The summed E-state index contributed by atoms with van der Waals surface area (Å²) in [7, 11) is 0. The molecule has 0 aliphatic rings. The summed E-state index contributed by atoms with van der Waals surface area (Å²) in [5, 5.41) is 7.60. The number of benzene rings is 1. The van der Waals surface area contributed by atoms with Crippen molar-refractivity contribution in [3.63, 3.8) is 0 Å². The number of hydrogen-bond donors (Lipinski definition) is 1. The number of rotatable bonds is 3. The van der Waals surface area contributed by atoms with E-state index in [1.54, 1.807) is 18.3 Å². The average molecular weight is 380 g/mol. The van der Waals surface area contributed by atoms with E-state index in [2.05, 4.69) is 15.5 Å². The molecule has 0 fully saturated rings. The van der Waals surface area contributed by atoms with Gasteiger partial charge in [0, 0.05) is 16.6 Å². The number of hydrogen-bond acceptors (Lipinski definition) is 4. The minimum atomic E-state index is 0.376. The van der Waals surface area contributed by atoms with E-state index in [1.165, 1.54) is 11.3 Å². The van der Waals surface area contributed by atoms with E-state index in [-0.39, 0.29) is 0 Å². The van der Waals surface area contributed by atoms with Gasteiger partial charge in [0.1, 0.15) is 5.69 Å². The Morgan fingerprint density at radius 2 is 1.90 bits per heavy atom. The van der Waals surface area contributed by atoms with Gasteiger partial charge in [-0.3, -0.25) is 9.83 Å². The third-order valence-electron chi connectivity index (χ3n) is 2.62. The van der Waals surface area contributed by atoms with Crippen molar-refractivity contribution in [3.8, 4) is 0 Å². The van der Waals surface area contributed by atoms with Crippen molar-refractivity contribution in [3.05, 3.63) is 49.6 Å². The fourth-order valence-electron chi connectivity index (χ4n) is 1.70. The van der Waals surface area contributed by atoms with Crippen LogP contribution in [0.3, 0.4) is 0 Å². The van der Waals surface area contributed by atoms with Crippen molar-refractivity contribution in [2.45, 2.75) is 0 Å². The Morgan fingerprint density at radius 3 is 2.62 bits per heavy atom. The van der Waals surface area contributed by atoms with Crippen molar-refractivity contribution in [2.75, 3.05) is 5.43 Å². The summed E-state index contributed by atoms with van der Waals surface area (Å²) in [6, 6.07) is 3.16. The molecular formula is C12H6Cl4N4S. The monoisotopic (exact) mass is 378 g/mol. The van der Waals surface area contributed by atoms with Crippen molar-refractivity contribution >= 4 is 74.6 Å². The van der Waals surface area contributed by atoms with Crippen LogP contribution < -0.4 is 5.43 Å². The molecule has 1 N–H and O–H groups in total. The fraction of sp³-hybridized carbons (Fsp3) is 0. The lowest BCUT2D eigenvalue weighted by molar-refractivity contribution is 1.21. The van der Waals surface area contributed by atoms with Crippen LogP contribution in [0.4, 0.5) is 5.69 Å². The van der Waals surface area contributed by atoms with Crippen LogP contribution in [0.5, 0.6) is 0 Å². The topological polar surface area (TPSA) is 41.7 Å². The highest BCUT2D eigenvalue weighted by atomic mass is 35.5. The van der Waals surface area contributed by atoms with Gasteiger partial charge >= 0.3 is 0 Å².